The normalized spacial score (nSPS) is 10.9. The highest BCUT2D eigenvalue weighted by molar-refractivity contribution is 6.30. The average molecular weight is 397 g/mol. The van der Waals surface area contributed by atoms with E-state index >= 15 is 0 Å². The van der Waals surface area contributed by atoms with E-state index in [-0.39, 0.29) is 22.3 Å². The summed E-state index contributed by atoms with van der Waals surface area (Å²) in [6, 6.07) is 10.8. The number of aromatic nitrogens is 2. The van der Waals surface area contributed by atoms with Crippen LogP contribution in [0.1, 0.15) is 32.3 Å². The average Bonchev–Trinajstić information content (AvgIpc) is 2.68. The molecule has 3 rings (SSSR count). The van der Waals surface area contributed by atoms with Gasteiger partial charge in [0.15, 0.2) is 0 Å². The molecule has 0 saturated heterocycles. The Morgan fingerprint density at radius 1 is 1.04 bits per heavy atom. The maximum absolute atomic E-state index is 13.4. The van der Waals surface area contributed by atoms with Gasteiger partial charge in [-0.25, -0.2) is 0 Å². The molecular weight excluding hydrogens is 376 g/mol. The Morgan fingerprint density at radius 3 is 2.21 bits per heavy atom. The van der Waals surface area contributed by atoms with Crippen molar-refractivity contribution in [1.82, 2.24) is 9.13 Å². The van der Waals surface area contributed by atoms with E-state index in [4.69, 9.17) is 17.3 Å². The summed E-state index contributed by atoms with van der Waals surface area (Å²) in [5, 5.41) is 10.7. The fourth-order valence-corrected chi connectivity index (χ4v) is 3.57. The first-order chi connectivity index (χ1) is 13.4. The second-order valence-corrected chi connectivity index (χ2v) is 7.05. The van der Waals surface area contributed by atoms with E-state index in [9.17, 15) is 14.9 Å². The number of rotatable bonds is 5. The molecule has 0 unspecified atom stereocenters. The van der Waals surface area contributed by atoms with Gasteiger partial charge in [-0.1, -0.05) is 37.6 Å². The molecule has 0 amide bonds. The van der Waals surface area contributed by atoms with Crippen LogP contribution in [0.5, 0.6) is 0 Å². The van der Waals surface area contributed by atoms with Crippen LogP contribution in [0.15, 0.2) is 39.9 Å². The molecule has 2 aromatic heterocycles. The Labute approximate surface area is 167 Å². The minimum absolute atomic E-state index is 0.0615. The molecule has 1 aromatic carbocycles. The molecule has 0 saturated carbocycles. The minimum Gasteiger partial charge on any atom is -0.384 e. The third kappa shape index (κ3) is 3.19. The molecule has 2 N–H and O–H groups in total. The van der Waals surface area contributed by atoms with E-state index in [2.05, 4.69) is 0 Å². The van der Waals surface area contributed by atoms with Crippen molar-refractivity contribution in [2.45, 2.75) is 39.8 Å². The van der Waals surface area contributed by atoms with Crippen LogP contribution in [0.25, 0.3) is 22.0 Å². The van der Waals surface area contributed by atoms with Crippen LogP contribution in [-0.2, 0) is 13.1 Å². The number of anilines is 1. The van der Waals surface area contributed by atoms with Crippen molar-refractivity contribution < 1.29 is 0 Å². The molecule has 0 atom stereocenters. The monoisotopic (exact) mass is 396 g/mol. The van der Waals surface area contributed by atoms with Gasteiger partial charge in [0.2, 0.25) is 0 Å². The highest BCUT2D eigenvalue weighted by atomic mass is 35.5. The zero-order valence-corrected chi connectivity index (χ0v) is 16.6. The molecule has 2 heterocycles. The topological polar surface area (TPSA) is 93.8 Å². The molecule has 7 heteroatoms. The Balaban J connectivity index is 2.51. The first-order valence-electron chi connectivity index (χ1n) is 9.20. The van der Waals surface area contributed by atoms with E-state index in [0.717, 1.165) is 12.0 Å². The lowest BCUT2D eigenvalue weighted by Crippen LogP contribution is -2.30. The molecule has 144 valence electrons. The maximum Gasteiger partial charge on any atom is 0.270 e. The van der Waals surface area contributed by atoms with E-state index in [1.54, 1.807) is 22.8 Å². The Morgan fingerprint density at radius 2 is 1.64 bits per heavy atom. The van der Waals surface area contributed by atoms with Gasteiger partial charge in [0.1, 0.15) is 17.5 Å². The predicted octanol–water partition coefficient (Wildman–Crippen LogP) is 3.76. The predicted molar refractivity (Wildman–Crippen MR) is 113 cm³/mol. The molecule has 6 nitrogen and oxygen atoms in total. The fourth-order valence-electron chi connectivity index (χ4n) is 3.44. The van der Waals surface area contributed by atoms with Gasteiger partial charge in [-0.2, -0.15) is 5.26 Å². The molecule has 0 aliphatic carbocycles. The summed E-state index contributed by atoms with van der Waals surface area (Å²) in [6.45, 7) is 4.72. The molecule has 0 fully saturated rings. The highest BCUT2D eigenvalue weighted by Crippen LogP contribution is 2.27. The fraction of sp³-hybridized carbons (Fsp3) is 0.286. The van der Waals surface area contributed by atoms with Crippen LogP contribution in [-0.4, -0.2) is 9.13 Å². The van der Waals surface area contributed by atoms with Crippen LogP contribution < -0.4 is 16.9 Å². The first-order valence-corrected chi connectivity index (χ1v) is 9.58. The largest absolute Gasteiger partial charge is 0.384 e. The molecule has 0 radical (unpaired) electrons. The van der Waals surface area contributed by atoms with Crippen LogP contribution in [0, 0.1) is 11.3 Å². The number of hydrogen-bond acceptors (Lipinski definition) is 4. The molecule has 0 aliphatic heterocycles. The van der Waals surface area contributed by atoms with E-state index in [1.807, 2.05) is 32.0 Å². The lowest BCUT2D eigenvalue weighted by Gasteiger charge is -2.18. The van der Waals surface area contributed by atoms with Crippen molar-refractivity contribution in [3.63, 3.8) is 0 Å². The van der Waals surface area contributed by atoms with Gasteiger partial charge < -0.3 is 10.3 Å². The summed E-state index contributed by atoms with van der Waals surface area (Å²) in [5.74, 6) is 0.110. The summed E-state index contributed by atoms with van der Waals surface area (Å²) >= 11 is 5.99. The van der Waals surface area contributed by atoms with Gasteiger partial charge in [-0.05, 0) is 36.6 Å². The van der Waals surface area contributed by atoms with Crippen LogP contribution in [0.4, 0.5) is 5.82 Å². The second-order valence-electron chi connectivity index (χ2n) is 6.61. The summed E-state index contributed by atoms with van der Waals surface area (Å²) in [6.07, 6.45) is 1.40. The van der Waals surface area contributed by atoms with Gasteiger partial charge in [-0.3, -0.25) is 14.2 Å². The van der Waals surface area contributed by atoms with Crippen molar-refractivity contribution in [2.75, 3.05) is 5.73 Å². The van der Waals surface area contributed by atoms with Gasteiger partial charge >= 0.3 is 0 Å². The van der Waals surface area contributed by atoms with Crippen molar-refractivity contribution >= 4 is 28.2 Å². The number of hydrogen-bond donors (Lipinski definition) is 1. The van der Waals surface area contributed by atoms with Crippen molar-refractivity contribution in [3.8, 4) is 17.3 Å². The van der Waals surface area contributed by atoms with E-state index in [0.29, 0.717) is 35.6 Å². The third-order valence-electron chi connectivity index (χ3n) is 4.72. The number of halogens is 1. The van der Waals surface area contributed by atoms with Crippen molar-refractivity contribution in [1.29, 1.82) is 5.26 Å². The van der Waals surface area contributed by atoms with Crippen molar-refractivity contribution in [2.24, 2.45) is 0 Å². The zero-order chi connectivity index (χ0) is 20.4. The van der Waals surface area contributed by atoms with Gasteiger partial charge in [0, 0.05) is 23.5 Å². The van der Waals surface area contributed by atoms with Gasteiger partial charge in [0.25, 0.3) is 11.1 Å². The smallest absolute Gasteiger partial charge is 0.270 e. The summed E-state index contributed by atoms with van der Waals surface area (Å²) in [4.78, 5) is 26.1. The number of nitrogen functional groups attached to an aromatic ring is 1. The molecule has 0 bridgehead atoms. The molecular formula is C21H21ClN4O2. The Hall–Kier alpha value is -3.04. The number of nitriles is 1. The Bertz CT molecular complexity index is 1200. The van der Waals surface area contributed by atoms with Crippen LogP contribution in [0.3, 0.4) is 0 Å². The minimum atomic E-state index is -0.468. The summed E-state index contributed by atoms with van der Waals surface area (Å²) in [7, 11) is 0. The molecule has 3 aromatic rings. The number of nitrogens with zero attached hydrogens (tertiary/aromatic N) is 3. The third-order valence-corrected chi connectivity index (χ3v) is 4.97. The highest BCUT2D eigenvalue weighted by Gasteiger charge is 2.20. The zero-order valence-electron chi connectivity index (χ0n) is 15.8. The van der Waals surface area contributed by atoms with Gasteiger partial charge in [-0.15, -0.1) is 0 Å². The van der Waals surface area contributed by atoms with E-state index < -0.39 is 5.56 Å². The van der Waals surface area contributed by atoms with E-state index in [1.165, 1.54) is 4.57 Å². The van der Waals surface area contributed by atoms with Crippen molar-refractivity contribution in [3.05, 3.63) is 61.6 Å². The quantitative estimate of drug-likeness (QED) is 0.710. The standard InChI is InChI=1S/C21H21ClN4O2/c1-3-9-25-17(13-5-7-14(22)8-6-13)11-15-16(12-23)20(27)26(10-4-2)19(24)18(15)21(25)28/h5-8,11H,3-4,9-10,24H2,1-2H3. The lowest BCUT2D eigenvalue weighted by atomic mass is 10.0. The number of benzene rings is 1. The first kappa shape index (κ1) is 19.7. The van der Waals surface area contributed by atoms with Crippen LogP contribution >= 0.6 is 11.6 Å². The maximum atomic E-state index is 13.4. The van der Waals surface area contributed by atoms with Crippen LogP contribution in [0.2, 0.25) is 5.02 Å². The Kier molecular flexibility index (Phi) is 5.57. The SMILES string of the molecule is CCCn1c(N)c2c(=O)n(CCC)c(-c3ccc(Cl)cc3)cc2c(C#N)c1=O. The number of nitrogens with two attached hydrogens (primary N) is 1. The summed E-state index contributed by atoms with van der Waals surface area (Å²) < 4.78 is 2.96. The molecule has 28 heavy (non-hydrogen) atoms. The number of fused-ring (bicyclic) bond motifs is 1. The number of pyridine rings is 2. The molecule has 0 spiro atoms. The lowest BCUT2D eigenvalue weighted by molar-refractivity contribution is 0.656. The van der Waals surface area contributed by atoms with Gasteiger partial charge in [0.05, 0.1) is 11.1 Å². The second kappa shape index (κ2) is 7.91. The molecule has 0 aliphatic rings. The summed E-state index contributed by atoms with van der Waals surface area (Å²) in [5.41, 5.74) is 6.79.